The Morgan fingerprint density at radius 1 is 1.16 bits per heavy atom. The Labute approximate surface area is 144 Å². The van der Waals surface area contributed by atoms with E-state index < -0.39 is 20.4 Å². The predicted octanol–water partition coefficient (Wildman–Crippen LogP) is 3.40. The zero-order valence-electron chi connectivity index (χ0n) is 13.4. The van der Waals surface area contributed by atoms with E-state index in [-0.39, 0.29) is 4.90 Å². The van der Waals surface area contributed by atoms with Gasteiger partial charge in [0.15, 0.2) is 9.84 Å². The smallest absolute Gasteiger partial charge is 0.288 e. The van der Waals surface area contributed by atoms with E-state index in [0.717, 1.165) is 23.0 Å². The van der Waals surface area contributed by atoms with Crippen LogP contribution in [0.5, 0.6) is 0 Å². The first-order valence-corrected chi connectivity index (χ1v) is 9.43. The lowest BCUT2D eigenvalue weighted by atomic mass is 10.2. The molecule has 0 amide bonds. The number of para-hydroxylation sites is 1. The van der Waals surface area contributed by atoms with Crippen molar-refractivity contribution in [1.29, 1.82) is 0 Å². The first-order valence-electron chi connectivity index (χ1n) is 7.54. The van der Waals surface area contributed by atoms with Crippen molar-refractivity contribution in [3.63, 3.8) is 0 Å². The molecule has 0 bridgehead atoms. The lowest BCUT2D eigenvalue weighted by molar-refractivity contribution is -0.387. The Morgan fingerprint density at radius 3 is 2.60 bits per heavy atom. The molecule has 130 valence electrons. The van der Waals surface area contributed by atoms with Gasteiger partial charge in [-0.05, 0) is 24.3 Å². The fraction of sp³-hybridized carbons (Fsp3) is 0.176. The van der Waals surface area contributed by atoms with Crippen molar-refractivity contribution in [2.45, 2.75) is 11.3 Å². The highest BCUT2D eigenvalue weighted by molar-refractivity contribution is 7.90. The normalized spacial score (nSPS) is 11.6. The average Bonchev–Trinajstić information content (AvgIpc) is 2.96. The summed E-state index contributed by atoms with van der Waals surface area (Å²) in [5.74, 6) is 0.805. The molecule has 2 aromatic carbocycles. The van der Waals surface area contributed by atoms with Crippen LogP contribution in [0.3, 0.4) is 0 Å². The molecule has 25 heavy (non-hydrogen) atoms. The highest BCUT2D eigenvalue weighted by Gasteiger charge is 2.22. The van der Waals surface area contributed by atoms with Crippen LogP contribution >= 0.6 is 0 Å². The topological polar surface area (TPSA) is 102 Å². The van der Waals surface area contributed by atoms with E-state index in [4.69, 9.17) is 4.42 Å². The molecule has 0 aliphatic heterocycles. The molecule has 1 heterocycles. The summed E-state index contributed by atoms with van der Waals surface area (Å²) < 4.78 is 29.2. The second-order valence-electron chi connectivity index (χ2n) is 5.64. The predicted molar refractivity (Wildman–Crippen MR) is 94.6 cm³/mol. The van der Waals surface area contributed by atoms with Gasteiger partial charge < -0.3 is 9.73 Å². The molecule has 1 aromatic heterocycles. The molecule has 8 heteroatoms. The molecule has 3 rings (SSSR count). The molecular weight excluding hydrogens is 344 g/mol. The molecule has 1 N–H and O–H groups in total. The highest BCUT2D eigenvalue weighted by atomic mass is 32.2. The first kappa shape index (κ1) is 17.0. The number of sulfone groups is 1. The van der Waals surface area contributed by atoms with Crippen LogP contribution in [0.15, 0.2) is 57.8 Å². The van der Waals surface area contributed by atoms with Crippen molar-refractivity contribution in [1.82, 2.24) is 0 Å². The van der Waals surface area contributed by atoms with Crippen molar-refractivity contribution in [2.75, 3.05) is 18.1 Å². The molecule has 0 unspecified atom stereocenters. The van der Waals surface area contributed by atoms with E-state index in [1.807, 2.05) is 30.3 Å². The molecule has 0 atom stereocenters. The summed E-state index contributed by atoms with van der Waals surface area (Å²) in [5.41, 5.74) is 0.889. The van der Waals surface area contributed by atoms with E-state index in [0.29, 0.717) is 18.7 Å². The van der Waals surface area contributed by atoms with Crippen LogP contribution in [-0.2, 0) is 16.3 Å². The summed E-state index contributed by atoms with van der Waals surface area (Å²) in [5, 5.41) is 15.1. The van der Waals surface area contributed by atoms with Gasteiger partial charge in [0.1, 0.15) is 16.2 Å². The fourth-order valence-corrected chi connectivity index (χ4v) is 3.43. The zero-order valence-corrected chi connectivity index (χ0v) is 14.2. The average molecular weight is 360 g/mol. The molecule has 7 nitrogen and oxygen atoms in total. The summed E-state index contributed by atoms with van der Waals surface area (Å²) in [4.78, 5) is 9.97. The Morgan fingerprint density at radius 2 is 1.92 bits per heavy atom. The number of anilines is 1. The van der Waals surface area contributed by atoms with Gasteiger partial charge in [0.2, 0.25) is 0 Å². The summed E-state index contributed by atoms with van der Waals surface area (Å²) in [6.07, 6.45) is 1.55. The van der Waals surface area contributed by atoms with Crippen molar-refractivity contribution in [2.24, 2.45) is 0 Å². The van der Waals surface area contributed by atoms with Gasteiger partial charge in [-0.3, -0.25) is 10.1 Å². The number of nitro benzene ring substituents is 1. The van der Waals surface area contributed by atoms with E-state index >= 15 is 0 Å². The minimum absolute atomic E-state index is 0.300. The minimum atomic E-state index is -3.70. The maximum Gasteiger partial charge on any atom is 0.288 e. The van der Waals surface area contributed by atoms with Crippen LogP contribution in [0.4, 0.5) is 11.4 Å². The summed E-state index contributed by atoms with van der Waals surface area (Å²) in [6.45, 7) is 0.501. The monoisotopic (exact) mass is 360 g/mol. The Bertz CT molecular complexity index is 1010. The minimum Gasteiger partial charge on any atom is -0.461 e. The molecule has 0 aliphatic carbocycles. The number of hydrogen-bond acceptors (Lipinski definition) is 6. The molecule has 0 saturated heterocycles. The maximum atomic E-state index is 11.8. The number of furan rings is 1. The molecule has 0 saturated carbocycles. The third kappa shape index (κ3) is 3.80. The number of hydrogen-bond donors (Lipinski definition) is 1. The van der Waals surface area contributed by atoms with Gasteiger partial charge in [0.25, 0.3) is 5.69 Å². The lowest BCUT2D eigenvalue weighted by Gasteiger charge is -2.07. The summed E-state index contributed by atoms with van der Waals surface area (Å²) in [7, 11) is -3.70. The third-order valence-corrected chi connectivity index (χ3v) is 4.86. The summed E-state index contributed by atoms with van der Waals surface area (Å²) in [6, 6.07) is 13.6. The van der Waals surface area contributed by atoms with E-state index in [9.17, 15) is 18.5 Å². The second-order valence-corrected chi connectivity index (χ2v) is 7.62. The van der Waals surface area contributed by atoms with Crippen LogP contribution in [0, 0.1) is 10.1 Å². The second kappa shape index (κ2) is 6.56. The molecule has 0 spiro atoms. The molecular formula is C17H16N2O5S. The summed E-state index contributed by atoms with van der Waals surface area (Å²) >= 11 is 0. The number of nitro groups is 1. The van der Waals surface area contributed by atoms with Crippen molar-refractivity contribution in [3.8, 4) is 0 Å². The Kier molecular flexibility index (Phi) is 4.45. The van der Waals surface area contributed by atoms with Gasteiger partial charge in [0.05, 0.1) is 4.92 Å². The van der Waals surface area contributed by atoms with Gasteiger partial charge in [-0.25, -0.2) is 8.42 Å². The highest BCUT2D eigenvalue weighted by Crippen LogP contribution is 2.27. The van der Waals surface area contributed by atoms with Gasteiger partial charge in [-0.1, -0.05) is 18.2 Å². The van der Waals surface area contributed by atoms with Crippen molar-refractivity contribution in [3.05, 3.63) is 64.4 Å². The number of benzene rings is 2. The van der Waals surface area contributed by atoms with E-state index in [2.05, 4.69) is 5.32 Å². The lowest BCUT2D eigenvalue weighted by Crippen LogP contribution is -2.07. The van der Waals surface area contributed by atoms with Crippen LogP contribution in [0.1, 0.15) is 5.76 Å². The zero-order chi connectivity index (χ0) is 18.0. The first-order chi connectivity index (χ1) is 11.8. The standard InChI is InChI=1S/C17H16N2O5S/c1-25(22,23)17-11-13(6-7-15(17)19(20)21)18-9-8-14-10-12-4-2-3-5-16(12)24-14/h2-7,10-11,18H,8-9H2,1H3. The largest absolute Gasteiger partial charge is 0.461 e. The number of rotatable bonds is 6. The number of fused-ring (bicyclic) bond motifs is 1. The Hall–Kier alpha value is -2.87. The van der Waals surface area contributed by atoms with Crippen LogP contribution in [0.25, 0.3) is 11.0 Å². The third-order valence-electron chi connectivity index (χ3n) is 3.73. The molecule has 0 aliphatic rings. The van der Waals surface area contributed by atoms with E-state index in [1.165, 1.54) is 18.2 Å². The fourth-order valence-electron chi connectivity index (χ4n) is 2.56. The number of nitrogens with zero attached hydrogens (tertiary/aromatic N) is 1. The molecule has 0 fully saturated rings. The van der Waals surface area contributed by atoms with Gasteiger partial charge >= 0.3 is 0 Å². The van der Waals surface area contributed by atoms with Crippen molar-refractivity contribution >= 4 is 32.2 Å². The maximum absolute atomic E-state index is 11.8. The quantitative estimate of drug-likeness (QED) is 0.534. The van der Waals surface area contributed by atoms with Crippen molar-refractivity contribution < 1.29 is 17.8 Å². The van der Waals surface area contributed by atoms with Crippen LogP contribution in [0.2, 0.25) is 0 Å². The molecule has 0 radical (unpaired) electrons. The Balaban J connectivity index is 1.73. The van der Waals surface area contributed by atoms with Gasteiger partial charge in [-0.15, -0.1) is 0 Å². The van der Waals surface area contributed by atoms with Gasteiger partial charge in [0, 0.05) is 36.4 Å². The number of nitrogens with one attached hydrogen (secondary N) is 1. The molecule has 3 aromatic rings. The van der Waals surface area contributed by atoms with Crippen LogP contribution in [-0.4, -0.2) is 26.1 Å². The van der Waals surface area contributed by atoms with Gasteiger partial charge in [-0.2, -0.15) is 0 Å². The SMILES string of the molecule is CS(=O)(=O)c1cc(NCCc2cc3ccccc3o2)ccc1[N+](=O)[O-]. The van der Waals surface area contributed by atoms with Crippen LogP contribution < -0.4 is 5.32 Å². The van der Waals surface area contributed by atoms with E-state index in [1.54, 1.807) is 0 Å².